The normalized spacial score (nSPS) is 21.7. The van der Waals surface area contributed by atoms with E-state index in [0.717, 1.165) is 39.0 Å². The summed E-state index contributed by atoms with van der Waals surface area (Å²) in [5.74, 6) is -0.588. The van der Waals surface area contributed by atoms with Crippen LogP contribution < -0.4 is 5.32 Å². The summed E-state index contributed by atoms with van der Waals surface area (Å²) in [6.07, 6.45) is 5.74. The van der Waals surface area contributed by atoms with Crippen molar-refractivity contribution < 1.29 is 9.50 Å². The molecule has 0 aromatic heterocycles. The van der Waals surface area contributed by atoms with Crippen LogP contribution in [0.15, 0.2) is 12.1 Å². The van der Waals surface area contributed by atoms with Crippen molar-refractivity contribution in [2.45, 2.75) is 38.1 Å². The molecule has 0 amide bonds. The van der Waals surface area contributed by atoms with Gasteiger partial charge < -0.3 is 10.4 Å². The van der Waals surface area contributed by atoms with Crippen LogP contribution in [-0.2, 0) is 0 Å². The van der Waals surface area contributed by atoms with Crippen LogP contribution in [0, 0.1) is 23.1 Å². The third-order valence-electron chi connectivity index (χ3n) is 5.23. The zero-order valence-electron chi connectivity index (χ0n) is 13.4. The molecule has 5 heteroatoms. The summed E-state index contributed by atoms with van der Waals surface area (Å²) in [7, 11) is 0. The second kappa shape index (κ2) is 7.29. The largest absolute Gasteiger partial charge is 0.505 e. The Balaban J connectivity index is 2.03. The first-order chi connectivity index (χ1) is 11.2. The Bertz CT molecular complexity index is 569. The highest BCUT2D eigenvalue weighted by Gasteiger charge is 2.35. The van der Waals surface area contributed by atoms with E-state index in [9.17, 15) is 14.8 Å². The molecule has 2 N–H and O–H groups in total. The Hall–Kier alpha value is -1.64. The summed E-state index contributed by atoms with van der Waals surface area (Å²) < 4.78 is 14.0. The average Bonchev–Trinajstić information content (AvgIpc) is 2.61. The number of hydrogen-bond acceptors (Lipinski definition) is 4. The number of hydrogen-bond donors (Lipinski definition) is 2. The van der Waals surface area contributed by atoms with E-state index in [0.29, 0.717) is 17.0 Å². The number of phenols is 1. The average molecular weight is 317 g/mol. The van der Waals surface area contributed by atoms with Crippen LogP contribution in [0.25, 0.3) is 0 Å². The monoisotopic (exact) mass is 317 g/mol. The molecule has 1 saturated carbocycles. The molecule has 3 rings (SSSR count). The van der Waals surface area contributed by atoms with Crippen molar-refractivity contribution in [1.82, 2.24) is 10.2 Å². The fourth-order valence-electron chi connectivity index (χ4n) is 4.10. The van der Waals surface area contributed by atoms with E-state index in [4.69, 9.17) is 0 Å². The van der Waals surface area contributed by atoms with Crippen LogP contribution >= 0.6 is 0 Å². The summed E-state index contributed by atoms with van der Waals surface area (Å²) >= 11 is 0. The van der Waals surface area contributed by atoms with Crippen molar-refractivity contribution in [3.63, 3.8) is 0 Å². The van der Waals surface area contributed by atoms with Crippen molar-refractivity contribution in [1.29, 1.82) is 5.26 Å². The maximum atomic E-state index is 14.0. The number of piperazine rings is 1. The molecule has 1 heterocycles. The van der Waals surface area contributed by atoms with Crippen molar-refractivity contribution in [2.75, 3.05) is 26.2 Å². The lowest BCUT2D eigenvalue weighted by Gasteiger charge is -2.41. The summed E-state index contributed by atoms with van der Waals surface area (Å²) in [5.41, 5.74) is 0.902. The molecule has 1 saturated heterocycles. The van der Waals surface area contributed by atoms with Gasteiger partial charge in [-0.1, -0.05) is 19.3 Å². The molecule has 124 valence electrons. The van der Waals surface area contributed by atoms with E-state index < -0.39 is 5.82 Å². The standard InChI is InChI=1S/C18H24FN3O/c19-15-7-6-14(12-20)16(18(15)23)17(13-4-2-1-3-5-13)22-10-8-21-9-11-22/h6-7,13,17,21,23H,1-5,8-11H2/t17-/m0/s1. The lowest BCUT2D eigenvalue weighted by atomic mass is 9.78. The van der Waals surface area contributed by atoms with Crippen molar-refractivity contribution in [3.8, 4) is 11.8 Å². The van der Waals surface area contributed by atoms with Crippen molar-refractivity contribution in [3.05, 3.63) is 29.1 Å². The third kappa shape index (κ3) is 3.34. The molecule has 1 atom stereocenters. The molecule has 2 fully saturated rings. The van der Waals surface area contributed by atoms with Crippen LogP contribution in [0.3, 0.4) is 0 Å². The molecular weight excluding hydrogens is 293 g/mol. The van der Waals surface area contributed by atoms with Crippen LogP contribution in [0.5, 0.6) is 5.75 Å². The van der Waals surface area contributed by atoms with Crippen LogP contribution in [0.4, 0.5) is 4.39 Å². The van der Waals surface area contributed by atoms with Gasteiger partial charge in [-0.2, -0.15) is 5.26 Å². The van der Waals surface area contributed by atoms with Crippen LogP contribution in [0.2, 0.25) is 0 Å². The second-order valence-corrected chi connectivity index (χ2v) is 6.60. The Kier molecular flexibility index (Phi) is 5.14. The first kappa shape index (κ1) is 16.2. The number of phenolic OH excluding ortho intramolecular Hbond substituents is 1. The second-order valence-electron chi connectivity index (χ2n) is 6.60. The lowest BCUT2D eigenvalue weighted by Crippen LogP contribution is -2.47. The number of benzene rings is 1. The number of nitrogens with one attached hydrogen (secondary N) is 1. The predicted octanol–water partition coefficient (Wildman–Crippen LogP) is 2.93. The number of aromatic hydroxyl groups is 1. The molecule has 23 heavy (non-hydrogen) atoms. The predicted molar refractivity (Wildman–Crippen MR) is 86.5 cm³/mol. The topological polar surface area (TPSA) is 59.3 Å². The Morgan fingerprint density at radius 1 is 1.22 bits per heavy atom. The van der Waals surface area contributed by atoms with Crippen LogP contribution in [-0.4, -0.2) is 36.2 Å². The smallest absolute Gasteiger partial charge is 0.165 e. The van der Waals surface area contributed by atoms with Gasteiger partial charge in [0.1, 0.15) is 0 Å². The zero-order valence-corrected chi connectivity index (χ0v) is 13.4. The van der Waals surface area contributed by atoms with Gasteiger partial charge in [0, 0.05) is 37.8 Å². The lowest BCUT2D eigenvalue weighted by molar-refractivity contribution is 0.101. The van der Waals surface area contributed by atoms with Gasteiger partial charge in [-0.15, -0.1) is 0 Å². The first-order valence-corrected chi connectivity index (χ1v) is 8.58. The Morgan fingerprint density at radius 3 is 2.57 bits per heavy atom. The summed E-state index contributed by atoms with van der Waals surface area (Å²) in [6, 6.07) is 4.78. The third-order valence-corrected chi connectivity index (χ3v) is 5.23. The number of nitrogens with zero attached hydrogens (tertiary/aromatic N) is 2. The summed E-state index contributed by atoms with van der Waals surface area (Å²) in [4.78, 5) is 2.32. The van der Waals surface area contributed by atoms with E-state index in [1.165, 1.54) is 31.4 Å². The highest BCUT2D eigenvalue weighted by molar-refractivity contribution is 5.49. The molecule has 0 unspecified atom stereocenters. The summed E-state index contributed by atoms with van der Waals surface area (Å²) in [5, 5.41) is 23.2. The minimum Gasteiger partial charge on any atom is -0.505 e. The van der Waals surface area contributed by atoms with E-state index >= 15 is 0 Å². The quantitative estimate of drug-likeness (QED) is 0.900. The number of nitriles is 1. The SMILES string of the molecule is N#Cc1ccc(F)c(O)c1[C@H](C1CCCCC1)N1CCNCC1. The molecule has 2 aliphatic rings. The fraction of sp³-hybridized carbons (Fsp3) is 0.611. The van der Waals surface area contributed by atoms with E-state index in [1.807, 2.05) is 0 Å². The van der Waals surface area contributed by atoms with Gasteiger partial charge in [0.2, 0.25) is 0 Å². The Morgan fingerprint density at radius 2 is 1.91 bits per heavy atom. The minimum absolute atomic E-state index is 0.0669. The van der Waals surface area contributed by atoms with Gasteiger partial charge >= 0.3 is 0 Å². The van der Waals surface area contributed by atoms with Gasteiger partial charge in [0.05, 0.1) is 11.6 Å². The Labute approximate surface area is 136 Å². The molecule has 1 aromatic rings. The fourth-order valence-corrected chi connectivity index (χ4v) is 4.10. The minimum atomic E-state index is -0.630. The van der Waals surface area contributed by atoms with E-state index in [1.54, 1.807) is 0 Å². The van der Waals surface area contributed by atoms with Gasteiger partial charge in [-0.25, -0.2) is 4.39 Å². The first-order valence-electron chi connectivity index (χ1n) is 8.58. The molecule has 1 aromatic carbocycles. The van der Waals surface area contributed by atoms with E-state index in [-0.39, 0.29) is 11.8 Å². The van der Waals surface area contributed by atoms with Gasteiger partial charge in [-0.05, 0) is 30.9 Å². The van der Waals surface area contributed by atoms with Crippen LogP contribution in [0.1, 0.15) is 49.3 Å². The van der Waals surface area contributed by atoms with Gasteiger partial charge in [0.25, 0.3) is 0 Å². The highest BCUT2D eigenvalue weighted by Crippen LogP contribution is 2.43. The zero-order chi connectivity index (χ0) is 16.2. The maximum Gasteiger partial charge on any atom is 0.165 e. The molecular formula is C18H24FN3O. The van der Waals surface area contributed by atoms with Crippen molar-refractivity contribution in [2.24, 2.45) is 5.92 Å². The van der Waals surface area contributed by atoms with Crippen molar-refractivity contribution >= 4 is 0 Å². The van der Waals surface area contributed by atoms with Gasteiger partial charge in [0.15, 0.2) is 11.6 Å². The molecule has 0 bridgehead atoms. The number of halogens is 1. The van der Waals surface area contributed by atoms with Gasteiger partial charge in [-0.3, -0.25) is 4.90 Å². The summed E-state index contributed by atoms with van der Waals surface area (Å²) in [6.45, 7) is 3.51. The maximum absolute atomic E-state index is 14.0. The molecule has 0 radical (unpaired) electrons. The molecule has 0 spiro atoms. The van der Waals surface area contributed by atoms with E-state index in [2.05, 4.69) is 16.3 Å². The molecule has 4 nitrogen and oxygen atoms in total. The molecule has 1 aliphatic heterocycles. The number of rotatable bonds is 3. The highest BCUT2D eigenvalue weighted by atomic mass is 19.1. The molecule has 1 aliphatic carbocycles.